The summed E-state index contributed by atoms with van der Waals surface area (Å²) in [6.07, 6.45) is 1.02. The van der Waals surface area contributed by atoms with Crippen molar-refractivity contribution in [1.82, 2.24) is 5.43 Å². The van der Waals surface area contributed by atoms with Crippen molar-refractivity contribution in [1.29, 1.82) is 5.26 Å². The Labute approximate surface area is 131 Å². The minimum absolute atomic E-state index is 0.206. The fourth-order valence-corrected chi connectivity index (χ4v) is 1.98. The zero-order chi connectivity index (χ0) is 16.8. The van der Waals surface area contributed by atoms with Crippen LogP contribution in [-0.2, 0) is 4.79 Å². The third kappa shape index (κ3) is 3.83. The van der Waals surface area contributed by atoms with Gasteiger partial charge in [-0.2, -0.15) is 10.4 Å². The van der Waals surface area contributed by atoms with E-state index < -0.39 is 11.9 Å². The van der Waals surface area contributed by atoms with Crippen LogP contribution in [0.4, 0.5) is 0 Å². The molecule has 0 saturated heterocycles. The molecule has 23 heavy (non-hydrogen) atoms. The molecule has 0 aliphatic rings. The van der Waals surface area contributed by atoms with E-state index in [4.69, 9.17) is 14.8 Å². The van der Waals surface area contributed by atoms with Crippen LogP contribution in [0.2, 0.25) is 0 Å². The highest BCUT2D eigenvalue weighted by molar-refractivity contribution is 5.91. The first-order valence-electron chi connectivity index (χ1n) is 6.65. The highest BCUT2D eigenvalue weighted by Crippen LogP contribution is 2.27. The fourth-order valence-electron chi connectivity index (χ4n) is 1.98. The molecule has 1 aromatic heterocycles. The smallest absolute Gasteiger partial charge is 0.335 e. The summed E-state index contributed by atoms with van der Waals surface area (Å²) in [4.78, 5) is 22.2. The molecule has 0 saturated carbocycles. The van der Waals surface area contributed by atoms with E-state index >= 15 is 0 Å². The second-order valence-corrected chi connectivity index (χ2v) is 4.61. The first-order chi connectivity index (χ1) is 11.0. The summed E-state index contributed by atoms with van der Waals surface area (Å²) in [5.74, 6) is -0.633. The summed E-state index contributed by atoms with van der Waals surface area (Å²) in [5.41, 5.74) is 3.66. The van der Waals surface area contributed by atoms with E-state index in [2.05, 4.69) is 10.5 Å². The molecular weight excluding hydrogens is 298 g/mol. The average molecular weight is 311 g/mol. The normalized spacial score (nSPS) is 10.4. The summed E-state index contributed by atoms with van der Waals surface area (Å²) < 4.78 is 5.57. The van der Waals surface area contributed by atoms with Crippen molar-refractivity contribution in [3.63, 3.8) is 0 Å². The number of carbonyl (C=O) groups excluding carboxylic acids is 1. The van der Waals surface area contributed by atoms with Gasteiger partial charge in [0.25, 0.3) is 5.91 Å². The SMILES string of the molecule is Cc1c(C(=O)O)cccc1-c1ccc(/C=N/NC(=O)CC#N)o1. The number of furan rings is 1. The van der Waals surface area contributed by atoms with Crippen molar-refractivity contribution in [2.75, 3.05) is 0 Å². The number of rotatable bonds is 5. The molecule has 2 rings (SSSR count). The summed E-state index contributed by atoms with van der Waals surface area (Å²) in [5, 5.41) is 21.2. The largest absolute Gasteiger partial charge is 0.478 e. The zero-order valence-corrected chi connectivity index (χ0v) is 12.2. The summed E-state index contributed by atoms with van der Waals surface area (Å²) in [6, 6.07) is 9.96. The predicted molar refractivity (Wildman–Crippen MR) is 81.8 cm³/mol. The van der Waals surface area contributed by atoms with Crippen molar-refractivity contribution in [3.05, 3.63) is 47.2 Å². The van der Waals surface area contributed by atoms with E-state index in [1.165, 1.54) is 12.3 Å². The Hall–Kier alpha value is -3.40. The monoisotopic (exact) mass is 311 g/mol. The number of aromatic carboxylic acids is 1. The first kappa shape index (κ1) is 16.0. The average Bonchev–Trinajstić information content (AvgIpc) is 2.96. The molecule has 0 spiro atoms. The fraction of sp³-hybridized carbons (Fsp3) is 0.125. The van der Waals surface area contributed by atoms with Gasteiger partial charge in [-0.3, -0.25) is 4.79 Å². The molecule has 1 amide bonds. The minimum Gasteiger partial charge on any atom is -0.478 e. The number of carboxylic acid groups (broad SMARTS) is 1. The number of carbonyl (C=O) groups is 2. The van der Waals surface area contributed by atoms with E-state index in [0.717, 1.165) is 0 Å². The molecule has 1 aromatic carbocycles. The van der Waals surface area contributed by atoms with E-state index in [9.17, 15) is 9.59 Å². The number of nitrogens with zero attached hydrogens (tertiary/aromatic N) is 2. The van der Waals surface area contributed by atoms with Gasteiger partial charge in [-0.05, 0) is 30.7 Å². The van der Waals surface area contributed by atoms with E-state index in [-0.39, 0.29) is 12.0 Å². The minimum atomic E-state index is -1.00. The van der Waals surface area contributed by atoms with Crippen molar-refractivity contribution in [2.24, 2.45) is 5.10 Å². The first-order valence-corrected chi connectivity index (χ1v) is 6.65. The maximum Gasteiger partial charge on any atom is 0.335 e. The lowest BCUT2D eigenvalue weighted by Gasteiger charge is -2.05. The molecule has 7 heteroatoms. The quantitative estimate of drug-likeness (QED) is 0.649. The van der Waals surface area contributed by atoms with Crippen molar-refractivity contribution >= 4 is 18.1 Å². The number of nitrogens with one attached hydrogen (secondary N) is 1. The molecule has 2 N–H and O–H groups in total. The number of carboxylic acids is 1. The topological polar surface area (TPSA) is 116 Å². The molecule has 0 unspecified atom stereocenters. The van der Waals surface area contributed by atoms with Gasteiger partial charge in [0.2, 0.25) is 0 Å². The van der Waals surface area contributed by atoms with Crippen molar-refractivity contribution in [3.8, 4) is 17.4 Å². The molecule has 0 bridgehead atoms. The van der Waals surface area contributed by atoms with Crippen molar-refractivity contribution in [2.45, 2.75) is 13.3 Å². The van der Waals surface area contributed by atoms with Gasteiger partial charge in [0.05, 0.1) is 17.8 Å². The highest BCUT2D eigenvalue weighted by atomic mass is 16.4. The van der Waals surface area contributed by atoms with Crippen LogP contribution in [-0.4, -0.2) is 23.2 Å². The number of hydrazone groups is 1. The Morgan fingerprint density at radius 3 is 2.87 bits per heavy atom. The van der Waals surface area contributed by atoms with Crippen LogP contribution < -0.4 is 5.43 Å². The van der Waals surface area contributed by atoms with E-state index in [1.54, 1.807) is 37.3 Å². The van der Waals surface area contributed by atoms with E-state index in [0.29, 0.717) is 22.6 Å². The van der Waals surface area contributed by atoms with Crippen LogP contribution in [0.25, 0.3) is 11.3 Å². The third-order valence-electron chi connectivity index (χ3n) is 3.08. The van der Waals surface area contributed by atoms with Gasteiger partial charge < -0.3 is 9.52 Å². The Balaban J connectivity index is 2.19. The van der Waals surface area contributed by atoms with Gasteiger partial charge in [-0.15, -0.1) is 0 Å². The zero-order valence-electron chi connectivity index (χ0n) is 12.2. The van der Waals surface area contributed by atoms with Crippen molar-refractivity contribution < 1.29 is 19.1 Å². The van der Waals surface area contributed by atoms with Crippen LogP contribution in [0.1, 0.15) is 28.1 Å². The lowest BCUT2D eigenvalue weighted by molar-refractivity contribution is -0.120. The second-order valence-electron chi connectivity index (χ2n) is 4.61. The number of benzene rings is 1. The number of amides is 1. The molecule has 0 atom stereocenters. The highest BCUT2D eigenvalue weighted by Gasteiger charge is 2.13. The lowest BCUT2D eigenvalue weighted by atomic mass is 10.0. The van der Waals surface area contributed by atoms with Crippen LogP contribution in [0.15, 0.2) is 39.9 Å². The van der Waals surface area contributed by atoms with Crippen LogP contribution in [0, 0.1) is 18.3 Å². The molecule has 0 aliphatic heterocycles. The number of hydrogen-bond acceptors (Lipinski definition) is 5. The molecule has 7 nitrogen and oxygen atoms in total. The van der Waals surface area contributed by atoms with Crippen LogP contribution >= 0.6 is 0 Å². The second kappa shape index (κ2) is 7.04. The number of nitriles is 1. The molecule has 0 radical (unpaired) electrons. The van der Waals surface area contributed by atoms with Gasteiger partial charge in [-0.25, -0.2) is 10.2 Å². The summed E-state index contributed by atoms with van der Waals surface area (Å²) >= 11 is 0. The molecule has 116 valence electrons. The molecule has 2 aromatic rings. The Morgan fingerprint density at radius 1 is 1.39 bits per heavy atom. The van der Waals surface area contributed by atoms with Gasteiger partial charge in [-0.1, -0.05) is 12.1 Å². The molecule has 1 heterocycles. The summed E-state index contributed by atoms with van der Waals surface area (Å²) in [6.45, 7) is 1.71. The van der Waals surface area contributed by atoms with Gasteiger partial charge in [0, 0.05) is 5.56 Å². The molecule has 0 aliphatic carbocycles. The Morgan fingerprint density at radius 2 is 2.17 bits per heavy atom. The maximum absolute atomic E-state index is 11.2. The number of hydrogen-bond donors (Lipinski definition) is 2. The maximum atomic E-state index is 11.2. The standard InChI is InChI=1S/C16H13N3O4/c1-10-12(3-2-4-13(10)16(21)22)14-6-5-11(23-14)9-18-19-15(20)7-8-17/h2-6,9H,7H2,1H3,(H,19,20)(H,21,22)/b18-9+. The molecule has 0 fully saturated rings. The van der Waals surface area contributed by atoms with E-state index in [1.807, 2.05) is 0 Å². The summed E-state index contributed by atoms with van der Waals surface area (Å²) in [7, 11) is 0. The third-order valence-corrected chi connectivity index (χ3v) is 3.08. The van der Waals surface area contributed by atoms with Gasteiger partial charge in [0.15, 0.2) is 0 Å². The Bertz CT molecular complexity index is 815. The van der Waals surface area contributed by atoms with Crippen LogP contribution in [0.5, 0.6) is 0 Å². The van der Waals surface area contributed by atoms with Crippen LogP contribution in [0.3, 0.4) is 0 Å². The van der Waals surface area contributed by atoms with Gasteiger partial charge in [0.1, 0.15) is 17.9 Å². The van der Waals surface area contributed by atoms with Gasteiger partial charge >= 0.3 is 5.97 Å². The predicted octanol–water partition coefficient (Wildman–Crippen LogP) is 2.32. The Kier molecular flexibility index (Phi) is 4.89. The molecular formula is C16H13N3O4. The lowest BCUT2D eigenvalue weighted by Crippen LogP contribution is -2.15.